The third-order valence-corrected chi connectivity index (χ3v) is 6.91. The largest absolute Gasteiger partial charge is 0.412 e. The molecule has 1 unspecified atom stereocenters. The SMILES string of the molecule is Cc1ncsc1-c1ccc([C@@H](NC(=O)[C@@H]2C[C@@H](O)CN2C(=O)C(N)C(C)(C)C)C(F)(F)F)cc1. The summed E-state index contributed by atoms with van der Waals surface area (Å²) in [6, 6.07) is 1.23. The van der Waals surface area contributed by atoms with Gasteiger partial charge in [-0.15, -0.1) is 11.3 Å². The number of carbonyl (C=O) groups is 2. The zero-order valence-electron chi connectivity index (χ0n) is 19.4. The average Bonchev–Trinajstić information content (AvgIpc) is 3.35. The van der Waals surface area contributed by atoms with Gasteiger partial charge in [0.2, 0.25) is 11.8 Å². The lowest BCUT2D eigenvalue weighted by atomic mass is 9.86. The number of nitrogens with one attached hydrogen (secondary N) is 1. The van der Waals surface area contributed by atoms with Gasteiger partial charge in [0.25, 0.3) is 0 Å². The van der Waals surface area contributed by atoms with E-state index in [4.69, 9.17) is 5.73 Å². The molecule has 0 bridgehead atoms. The van der Waals surface area contributed by atoms with E-state index in [0.717, 1.165) is 21.0 Å². The molecule has 0 aliphatic carbocycles. The van der Waals surface area contributed by atoms with Crippen LogP contribution in [-0.2, 0) is 9.59 Å². The number of hydrogen-bond donors (Lipinski definition) is 3. The summed E-state index contributed by atoms with van der Waals surface area (Å²) >= 11 is 1.38. The molecule has 1 fully saturated rings. The molecule has 0 radical (unpaired) electrons. The second-order valence-corrected chi connectivity index (χ2v) is 10.5. The molecule has 2 aromatic rings. The Morgan fingerprint density at radius 1 is 1.24 bits per heavy atom. The highest BCUT2D eigenvalue weighted by atomic mass is 32.1. The summed E-state index contributed by atoms with van der Waals surface area (Å²) in [5.41, 5.74) is 8.41. The van der Waals surface area contributed by atoms with Crippen LogP contribution in [-0.4, -0.2) is 57.7 Å². The van der Waals surface area contributed by atoms with Crippen molar-refractivity contribution in [2.45, 2.75) is 64.5 Å². The minimum Gasteiger partial charge on any atom is -0.391 e. The van der Waals surface area contributed by atoms with Crippen molar-refractivity contribution in [1.82, 2.24) is 15.2 Å². The number of aryl methyl sites for hydroxylation is 1. The number of aliphatic hydroxyl groups is 1. The number of aliphatic hydroxyl groups excluding tert-OH is 1. The monoisotopic (exact) mass is 498 g/mol. The molecule has 4 N–H and O–H groups in total. The van der Waals surface area contributed by atoms with Crippen LogP contribution in [0.4, 0.5) is 13.2 Å². The van der Waals surface area contributed by atoms with Crippen molar-refractivity contribution in [2.75, 3.05) is 6.54 Å². The fourth-order valence-electron chi connectivity index (χ4n) is 3.85. The molecular formula is C23H29F3N4O3S. The Morgan fingerprint density at radius 2 is 1.85 bits per heavy atom. The number of thiazole rings is 1. The van der Waals surface area contributed by atoms with Gasteiger partial charge in [0.05, 0.1) is 28.2 Å². The molecule has 2 heterocycles. The molecule has 1 saturated heterocycles. The van der Waals surface area contributed by atoms with E-state index in [0.29, 0.717) is 0 Å². The number of amides is 2. The molecule has 1 aromatic heterocycles. The zero-order chi connectivity index (χ0) is 25.4. The minimum absolute atomic E-state index is 0.144. The van der Waals surface area contributed by atoms with Crippen molar-refractivity contribution >= 4 is 23.2 Å². The highest BCUT2D eigenvalue weighted by molar-refractivity contribution is 7.13. The molecule has 3 rings (SSSR count). The van der Waals surface area contributed by atoms with E-state index in [1.165, 1.54) is 23.5 Å². The Hall–Kier alpha value is -2.50. The van der Waals surface area contributed by atoms with E-state index in [1.807, 2.05) is 12.2 Å². The molecular weight excluding hydrogens is 469 g/mol. The standard InChI is InChI=1S/C23H29F3N4O3S/c1-12-17(34-11-28-12)13-5-7-14(8-6-13)19(23(24,25)26)29-20(32)16-9-15(31)10-30(16)21(33)18(27)22(2,3)4/h5-8,11,15-16,18-19,31H,9-10,27H2,1-4H3,(H,29,32)/t15-,16+,18?,19-/m1/s1. The van der Waals surface area contributed by atoms with Crippen LogP contribution in [0, 0.1) is 12.3 Å². The maximum atomic E-state index is 13.9. The number of halogens is 3. The van der Waals surface area contributed by atoms with Crippen LogP contribution >= 0.6 is 11.3 Å². The number of rotatable bonds is 5. The topological polar surface area (TPSA) is 109 Å². The van der Waals surface area contributed by atoms with Gasteiger partial charge in [-0.3, -0.25) is 9.59 Å². The first kappa shape index (κ1) is 26.1. The molecule has 1 aromatic carbocycles. The van der Waals surface area contributed by atoms with Crippen molar-refractivity contribution in [3.05, 3.63) is 41.0 Å². The number of nitrogens with zero attached hydrogens (tertiary/aromatic N) is 2. The van der Waals surface area contributed by atoms with Gasteiger partial charge in [0.1, 0.15) is 6.04 Å². The molecule has 11 heteroatoms. The van der Waals surface area contributed by atoms with Gasteiger partial charge in [0.15, 0.2) is 6.04 Å². The van der Waals surface area contributed by atoms with E-state index < -0.39 is 47.6 Å². The summed E-state index contributed by atoms with van der Waals surface area (Å²) in [6.07, 6.45) is -5.97. The van der Waals surface area contributed by atoms with Crippen LogP contribution in [0.3, 0.4) is 0 Å². The molecule has 34 heavy (non-hydrogen) atoms. The van der Waals surface area contributed by atoms with Gasteiger partial charge in [-0.25, -0.2) is 4.98 Å². The second-order valence-electron chi connectivity index (χ2n) is 9.61. The van der Waals surface area contributed by atoms with Gasteiger partial charge in [-0.05, 0) is 23.5 Å². The quantitative estimate of drug-likeness (QED) is 0.587. The maximum Gasteiger partial charge on any atom is 0.412 e. The van der Waals surface area contributed by atoms with Crippen molar-refractivity contribution in [3.8, 4) is 10.4 Å². The minimum atomic E-state index is -4.77. The fourth-order valence-corrected chi connectivity index (χ4v) is 4.67. The van der Waals surface area contributed by atoms with Crippen LogP contribution in [0.5, 0.6) is 0 Å². The van der Waals surface area contributed by atoms with Gasteiger partial charge >= 0.3 is 6.18 Å². The second kappa shape index (κ2) is 9.63. The van der Waals surface area contributed by atoms with Crippen molar-refractivity contribution < 1.29 is 27.9 Å². The summed E-state index contributed by atoms with van der Waals surface area (Å²) in [7, 11) is 0. The smallest absolute Gasteiger partial charge is 0.391 e. The van der Waals surface area contributed by atoms with Crippen molar-refractivity contribution in [1.29, 1.82) is 0 Å². The summed E-state index contributed by atoms with van der Waals surface area (Å²) in [4.78, 5) is 31.9. The third-order valence-electron chi connectivity index (χ3n) is 5.93. The highest BCUT2D eigenvalue weighted by Gasteiger charge is 2.47. The summed E-state index contributed by atoms with van der Waals surface area (Å²) in [6.45, 7) is 6.88. The summed E-state index contributed by atoms with van der Waals surface area (Å²) in [5, 5.41) is 12.1. The number of likely N-dealkylation sites (tertiary alicyclic amines) is 1. The Kier molecular flexibility index (Phi) is 7.40. The Morgan fingerprint density at radius 3 is 2.35 bits per heavy atom. The van der Waals surface area contributed by atoms with Crippen LogP contribution in [0.15, 0.2) is 29.8 Å². The number of aromatic nitrogens is 1. The normalized spacial score (nSPS) is 20.8. The van der Waals surface area contributed by atoms with Crippen LogP contribution in [0.25, 0.3) is 10.4 Å². The van der Waals surface area contributed by atoms with Crippen molar-refractivity contribution in [3.63, 3.8) is 0 Å². The maximum absolute atomic E-state index is 13.9. The fraction of sp³-hybridized carbons (Fsp3) is 0.522. The Bertz CT molecular complexity index is 1030. The van der Waals surface area contributed by atoms with Crippen LogP contribution in [0.2, 0.25) is 0 Å². The first-order valence-corrected chi connectivity index (χ1v) is 11.7. The molecule has 4 atom stereocenters. The van der Waals surface area contributed by atoms with Crippen molar-refractivity contribution in [2.24, 2.45) is 11.1 Å². The van der Waals surface area contributed by atoms with E-state index in [9.17, 15) is 27.9 Å². The lowest BCUT2D eigenvalue weighted by Gasteiger charge is -2.33. The average molecular weight is 499 g/mol. The number of benzene rings is 1. The number of nitrogens with two attached hydrogens (primary N) is 1. The Labute approximate surface area is 200 Å². The summed E-state index contributed by atoms with van der Waals surface area (Å²) in [5.74, 6) is -1.58. The van der Waals surface area contributed by atoms with Crippen LogP contribution in [0.1, 0.15) is 44.5 Å². The highest BCUT2D eigenvalue weighted by Crippen LogP contribution is 2.35. The van der Waals surface area contributed by atoms with E-state index in [1.54, 1.807) is 38.4 Å². The molecule has 0 saturated carbocycles. The van der Waals surface area contributed by atoms with Gasteiger partial charge in [-0.2, -0.15) is 13.2 Å². The predicted molar refractivity (Wildman–Crippen MR) is 123 cm³/mol. The number of carbonyl (C=O) groups excluding carboxylic acids is 2. The number of alkyl halides is 3. The molecule has 2 amide bonds. The van der Waals surface area contributed by atoms with Crippen LogP contribution < -0.4 is 11.1 Å². The number of β-amino-alcohol motifs (C(OH)–C–C–N with tert-alkyl or cyclic N) is 1. The van der Waals surface area contributed by atoms with Gasteiger partial charge < -0.3 is 21.1 Å². The molecule has 0 spiro atoms. The summed E-state index contributed by atoms with van der Waals surface area (Å²) < 4.78 is 41.8. The van der Waals surface area contributed by atoms with E-state index in [2.05, 4.69) is 4.98 Å². The zero-order valence-corrected chi connectivity index (χ0v) is 20.2. The lowest BCUT2D eigenvalue weighted by molar-refractivity contribution is -0.165. The number of hydrogen-bond acceptors (Lipinski definition) is 6. The van der Waals surface area contributed by atoms with Gasteiger partial charge in [0, 0.05) is 13.0 Å². The first-order chi connectivity index (χ1) is 15.7. The van der Waals surface area contributed by atoms with Gasteiger partial charge in [-0.1, -0.05) is 45.0 Å². The predicted octanol–water partition coefficient (Wildman–Crippen LogP) is 3.17. The van der Waals surface area contributed by atoms with E-state index >= 15 is 0 Å². The first-order valence-electron chi connectivity index (χ1n) is 10.8. The van der Waals surface area contributed by atoms with E-state index in [-0.39, 0.29) is 18.5 Å². The third kappa shape index (κ3) is 5.59. The molecule has 186 valence electrons. The molecule has 1 aliphatic rings. The Balaban J connectivity index is 1.83. The lowest BCUT2D eigenvalue weighted by Crippen LogP contribution is -2.55. The molecule has 1 aliphatic heterocycles. The molecule has 7 nitrogen and oxygen atoms in total.